The van der Waals surface area contributed by atoms with Gasteiger partial charge in [-0.3, -0.25) is 4.79 Å². The van der Waals surface area contributed by atoms with E-state index in [9.17, 15) is 9.90 Å². The number of ketones is 1. The fraction of sp³-hybridized carbons (Fsp3) is 0.885. The predicted octanol–water partition coefficient (Wildman–Crippen LogP) is 3.56. The highest BCUT2D eigenvalue weighted by Gasteiger charge is 2.59. The molecule has 0 bridgehead atoms. The zero-order chi connectivity index (χ0) is 20.2. The molecule has 1 aliphatic heterocycles. The Bertz CT molecular complexity index is 680. The molecule has 2 N–H and O–H groups in total. The van der Waals surface area contributed by atoms with Gasteiger partial charge >= 0.3 is 0 Å². The van der Waals surface area contributed by atoms with Crippen molar-refractivity contribution in [2.24, 2.45) is 34.5 Å². The molecule has 5 rings (SSSR count). The Balaban J connectivity index is 1.33. The van der Waals surface area contributed by atoms with E-state index in [1.54, 1.807) is 10.5 Å². The molecule has 5 aliphatic rings. The first kappa shape index (κ1) is 20.2. The minimum atomic E-state index is -0.120. The number of nitrogens with one attached hydrogen (secondary N) is 1. The molecule has 1 saturated heterocycles. The minimum absolute atomic E-state index is 0.120. The van der Waals surface area contributed by atoms with Crippen molar-refractivity contribution in [2.45, 2.75) is 90.6 Å². The molecule has 0 amide bonds. The molecular formula is C26H42NO2+. The average molecular weight is 401 g/mol. The predicted molar refractivity (Wildman–Crippen MR) is 116 cm³/mol. The molecule has 0 aromatic rings. The number of aliphatic hydroxyl groups excluding tert-OH is 1. The van der Waals surface area contributed by atoms with E-state index in [-0.39, 0.29) is 11.5 Å². The smallest absolute Gasteiger partial charge is 0.190 e. The van der Waals surface area contributed by atoms with Crippen molar-refractivity contribution >= 4 is 5.78 Å². The van der Waals surface area contributed by atoms with E-state index < -0.39 is 0 Å². The van der Waals surface area contributed by atoms with Gasteiger partial charge in [-0.15, -0.1) is 0 Å². The monoisotopic (exact) mass is 400 g/mol. The summed E-state index contributed by atoms with van der Waals surface area (Å²) in [5.41, 5.74) is 2.10. The molecule has 162 valence electrons. The summed E-state index contributed by atoms with van der Waals surface area (Å²) in [6.45, 7) is 8.20. The van der Waals surface area contributed by atoms with Gasteiger partial charge in [0.1, 0.15) is 6.54 Å². The van der Waals surface area contributed by atoms with E-state index in [2.05, 4.69) is 19.9 Å². The Morgan fingerprint density at radius 3 is 2.66 bits per heavy atom. The van der Waals surface area contributed by atoms with Crippen LogP contribution in [0.25, 0.3) is 0 Å². The van der Waals surface area contributed by atoms with Crippen LogP contribution in [0.5, 0.6) is 0 Å². The van der Waals surface area contributed by atoms with Gasteiger partial charge in [-0.05, 0) is 99.2 Å². The topological polar surface area (TPSA) is 41.7 Å². The van der Waals surface area contributed by atoms with Crippen molar-refractivity contribution in [1.82, 2.24) is 0 Å². The summed E-state index contributed by atoms with van der Waals surface area (Å²) >= 11 is 0. The summed E-state index contributed by atoms with van der Waals surface area (Å²) in [5, 5.41) is 10.2. The van der Waals surface area contributed by atoms with Gasteiger partial charge in [-0.2, -0.15) is 0 Å². The lowest BCUT2D eigenvalue weighted by Crippen LogP contribution is -3.13. The lowest BCUT2D eigenvalue weighted by atomic mass is 9.47. The summed E-state index contributed by atoms with van der Waals surface area (Å²) in [5.74, 6) is 3.17. The number of fused-ring (bicyclic) bond motifs is 5. The van der Waals surface area contributed by atoms with Gasteiger partial charge < -0.3 is 10.0 Å². The number of piperidine rings is 1. The summed E-state index contributed by atoms with van der Waals surface area (Å²) in [6.07, 6.45) is 15.5. The van der Waals surface area contributed by atoms with Gasteiger partial charge in [0.2, 0.25) is 0 Å². The van der Waals surface area contributed by atoms with Crippen molar-refractivity contribution in [1.29, 1.82) is 0 Å². The van der Waals surface area contributed by atoms with E-state index in [0.717, 1.165) is 50.0 Å². The molecule has 0 spiro atoms. The van der Waals surface area contributed by atoms with Crippen LogP contribution in [0.1, 0.15) is 84.5 Å². The van der Waals surface area contributed by atoms with Crippen molar-refractivity contribution in [3.05, 3.63) is 11.6 Å². The second-order valence-corrected chi connectivity index (χ2v) is 11.8. The number of Topliss-reactive ketones (excluding diaryl/α,β-unsaturated/α-hetero) is 1. The zero-order valence-corrected chi connectivity index (χ0v) is 18.7. The number of quaternary nitrogens is 1. The maximum absolute atomic E-state index is 13.4. The average Bonchev–Trinajstić information content (AvgIpc) is 3.06. The van der Waals surface area contributed by atoms with E-state index in [4.69, 9.17) is 0 Å². The molecule has 0 aromatic heterocycles. The third-order valence-electron chi connectivity index (χ3n) is 10.5. The number of carbonyl (C=O) groups is 1. The number of carbonyl (C=O) groups excluding carboxylic acids is 1. The Labute approximate surface area is 177 Å². The standard InChI is InChI=1S/C26H41NO2/c1-25-12-10-19(28)16-18(25)6-7-20-21-8-9-23(26(21,2)13-11-22(20)25)24(29)17-27-14-4-3-5-15-27/h6,19-23,28H,3-5,7-17H2,1-2H3/p+1/t19-,20+,21-,22-,23+,25-,26-/m0/s1. The first-order chi connectivity index (χ1) is 13.9. The number of likely N-dealkylation sites (tertiary alicyclic amines) is 1. The largest absolute Gasteiger partial charge is 0.393 e. The summed E-state index contributed by atoms with van der Waals surface area (Å²) < 4.78 is 0. The molecule has 29 heavy (non-hydrogen) atoms. The van der Waals surface area contributed by atoms with Crippen LogP contribution >= 0.6 is 0 Å². The van der Waals surface area contributed by atoms with E-state index in [1.165, 1.54) is 58.0 Å². The molecule has 4 fully saturated rings. The Morgan fingerprint density at radius 1 is 1.07 bits per heavy atom. The molecule has 0 radical (unpaired) electrons. The number of aliphatic hydroxyl groups is 1. The third-order valence-corrected chi connectivity index (χ3v) is 10.5. The fourth-order valence-electron chi connectivity index (χ4n) is 8.77. The number of rotatable bonds is 3. The van der Waals surface area contributed by atoms with Gasteiger partial charge in [0.25, 0.3) is 0 Å². The Morgan fingerprint density at radius 2 is 1.86 bits per heavy atom. The normalized spacial score (nSPS) is 47.7. The SMILES string of the molecule is C[C@]12CC[C@H]3[C@H](CC=C4C[C@@H](O)CC[C@@]43C)[C@@H]1CC[C@@H]2C(=O)C[NH+]1CCCCC1. The molecule has 3 saturated carbocycles. The highest BCUT2D eigenvalue weighted by atomic mass is 16.3. The highest BCUT2D eigenvalue weighted by molar-refractivity contribution is 5.83. The lowest BCUT2D eigenvalue weighted by Gasteiger charge is -2.57. The molecule has 0 unspecified atom stereocenters. The van der Waals surface area contributed by atoms with Crippen LogP contribution in [0.3, 0.4) is 0 Å². The van der Waals surface area contributed by atoms with Crippen molar-refractivity contribution in [2.75, 3.05) is 19.6 Å². The van der Waals surface area contributed by atoms with Gasteiger partial charge in [-0.1, -0.05) is 25.5 Å². The lowest BCUT2D eigenvalue weighted by molar-refractivity contribution is -0.896. The van der Waals surface area contributed by atoms with Crippen molar-refractivity contribution < 1.29 is 14.8 Å². The molecule has 3 heteroatoms. The van der Waals surface area contributed by atoms with Gasteiger partial charge in [0, 0.05) is 5.92 Å². The van der Waals surface area contributed by atoms with Crippen LogP contribution in [-0.2, 0) is 4.79 Å². The van der Waals surface area contributed by atoms with Gasteiger partial charge in [0.05, 0.1) is 19.2 Å². The summed E-state index contributed by atoms with van der Waals surface area (Å²) in [6, 6.07) is 0. The van der Waals surface area contributed by atoms with Crippen molar-refractivity contribution in [3.8, 4) is 0 Å². The van der Waals surface area contributed by atoms with Crippen LogP contribution in [0, 0.1) is 34.5 Å². The van der Waals surface area contributed by atoms with Crippen molar-refractivity contribution in [3.63, 3.8) is 0 Å². The minimum Gasteiger partial charge on any atom is -0.393 e. The maximum atomic E-state index is 13.4. The van der Waals surface area contributed by atoms with Crippen LogP contribution in [0.2, 0.25) is 0 Å². The Hall–Kier alpha value is -0.670. The molecule has 7 atom stereocenters. The summed E-state index contributed by atoms with van der Waals surface area (Å²) in [4.78, 5) is 15.0. The molecule has 4 aliphatic carbocycles. The van der Waals surface area contributed by atoms with Gasteiger partial charge in [-0.25, -0.2) is 0 Å². The van der Waals surface area contributed by atoms with E-state index >= 15 is 0 Å². The first-order valence-corrected chi connectivity index (χ1v) is 12.7. The maximum Gasteiger partial charge on any atom is 0.190 e. The second-order valence-electron chi connectivity index (χ2n) is 11.8. The molecule has 1 heterocycles. The quantitative estimate of drug-likeness (QED) is 0.711. The van der Waals surface area contributed by atoms with Crippen LogP contribution in [0.4, 0.5) is 0 Å². The Kier molecular flexibility index (Phi) is 5.22. The van der Waals surface area contributed by atoms with Gasteiger partial charge in [0.15, 0.2) is 5.78 Å². The number of hydrogen-bond acceptors (Lipinski definition) is 2. The highest BCUT2D eigenvalue weighted by Crippen LogP contribution is 2.66. The molecular weight excluding hydrogens is 358 g/mol. The molecule has 0 aromatic carbocycles. The number of hydrogen-bond donors (Lipinski definition) is 2. The van der Waals surface area contributed by atoms with E-state index in [1.807, 2.05) is 0 Å². The van der Waals surface area contributed by atoms with Crippen LogP contribution in [0.15, 0.2) is 11.6 Å². The van der Waals surface area contributed by atoms with Crippen LogP contribution in [-0.4, -0.2) is 36.6 Å². The molecule has 3 nitrogen and oxygen atoms in total. The summed E-state index contributed by atoms with van der Waals surface area (Å²) in [7, 11) is 0. The third kappa shape index (κ3) is 3.26. The second kappa shape index (κ2) is 7.48. The first-order valence-electron chi connectivity index (χ1n) is 12.7. The van der Waals surface area contributed by atoms with E-state index in [0.29, 0.717) is 17.1 Å². The zero-order valence-electron chi connectivity index (χ0n) is 18.7. The number of allylic oxidation sites excluding steroid dienone is 1. The van der Waals surface area contributed by atoms with Crippen LogP contribution < -0.4 is 4.90 Å². The fourth-order valence-corrected chi connectivity index (χ4v) is 8.77.